The van der Waals surface area contributed by atoms with Crippen molar-refractivity contribution in [3.8, 4) is 23.0 Å². The Morgan fingerprint density at radius 2 is 1.97 bits per heavy atom. The monoisotopic (exact) mass is 465 g/mol. The summed E-state index contributed by atoms with van der Waals surface area (Å²) in [6, 6.07) is 6.95. The number of sulfone groups is 1. The van der Waals surface area contributed by atoms with Gasteiger partial charge in [0, 0.05) is 24.4 Å². The molecule has 0 radical (unpaired) electrons. The minimum absolute atomic E-state index is 0.000610. The lowest BCUT2D eigenvalue weighted by molar-refractivity contribution is 0.410. The van der Waals surface area contributed by atoms with Gasteiger partial charge in [0.25, 0.3) is 5.56 Å². The largest absolute Gasteiger partial charge is 0.420 e. The van der Waals surface area contributed by atoms with Crippen LogP contribution in [0.4, 0.5) is 4.39 Å². The van der Waals surface area contributed by atoms with Gasteiger partial charge in [-0.2, -0.15) is 9.97 Å². The number of nitrogens with zero attached hydrogens (tertiary/aromatic N) is 3. The fourth-order valence-corrected chi connectivity index (χ4v) is 4.60. The number of aryl methyl sites for hydroxylation is 2. The quantitative estimate of drug-likeness (QED) is 0.522. The summed E-state index contributed by atoms with van der Waals surface area (Å²) in [5.74, 6) is -1.30. The van der Waals surface area contributed by atoms with E-state index >= 15 is 0 Å². The van der Waals surface area contributed by atoms with Crippen LogP contribution in [0.5, 0.6) is 11.8 Å². The van der Waals surface area contributed by atoms with Crippen molar-refractivity contribution in [3.63, 3.8) is 0 Å². The van der Waals surface area contributed by atoms with E-state index in [-0.39, 0.29) is 39.5 Å². The van der Waals surface area contributed by atoms with Gasteiger partial charge in [-0.15, -0.1) is 0 Å². The number of para-hydroxylation sites is 1. The molecule has 3 aromatic rings. The predicted molar refractivity (Wildman–Crippen MR) is 117 cm³/mol. The van der Waals surface area contributed by atoms with E-state index in [4.69, 9.17) is 16.3 Å². The summed E-state index contributed by atoms with van der Waals surface area (Å²) in [4.78, 5) is 20.5. The molecule has 2 aromatic heterocycles. The van der Waals surface area contributed by atoms with E-state index in [2.05, 4.69) is 9.97 Å². The maximum atomic E-state index is 14.2. The highest BCUT2D eigenvalue weighted by Gasteiger charge is 2.18. The van der Waals surface area contributed by atoms with Crippen LogP contribution in [-0.4, -0.2) is 28.7 Å². The third-order valence-corrected chi connectivity index (χ3v) is 6.48. The maximum Gasteiger partial charge on any atom is 0.322 e. The van der Waals surface area contributed by atoms with Gasteiger partial charge in [0.15, 0.2) is 21.4 Å². The standard InChI is InChI=1S/C21H21ClFN3O4S/c1-4-8-31(28,29)12-15-10-18(14-9-13(2)20(27)26(3)11-14)25-21(24-15)30-19-16(22)6-5-7-17(19)23/h5-7,9-11H,4,8,12H2,1-3H3. The highest BCUT2D eigenvalue weighted by Crippen LogP contribution is 2.31. The second-order valence-electron chi connectivity index (χ2n) is 7.10. The summed E-state index contributed by atoms with van der Waals surface area (Å²) in [6.07, 6.45) is 2.04. The van der Waals surface area contributed by atoms with Crippen LogP contribution in [-0.2, 0) is 22.6 Å². The Bertz CT molecular complexity index is 1250. The van der Waals surface area contributed by atoms with Crippen molar-refractivity contribution >= 4 is 21.4 Å². The zero-order valence-electron chi connectivity index (χ0n) is 17.2. The number of ether oxygens (including phenoxy) is 1. The predicted octanol–water partition coefficient (Wildman–Crippen LogP) is 4.06. The summed E-state index contributed by atoms with van der Waals surface area (Å²) in [6.45, 7) is 3.43. The zero-order valence-corrected chi connectivity index (χ0v) is 18.8. The molecule has 31 heavy (non-hydrogen) atoms. The number of hydrogen-bond donors (Lipinski definition) is 0. The fourth-order valence-electron chi connectivity index (χ4n) is 3.04. The Kier molecular flexibility index (Phi) is 6.76. The molecule has 10 heteroatoms. The zero-order chi connectivity index (χ0) is 22.8. The van der Waals surface area contributed by atoms with E-state index in [0.717, 1.165) is 0 Å². The van der Waals surface area contributed by atoms with Gasteiger partial charge >= 0.3 is 6.01 Å². The molecule has 0 aliphatic heterocycles. The summed E-state index contributed by atoms with van der Waals surface area (Å²) in [5, 5.41) is 0.0205. The number of pyridine rings is 1. The number of hydrogen-bond acceptors (Lipinski definition) is 6. The molecule has 1 aromatic carbocycles. The molecule has 3 rings (SSSR count). The van der Waals surface area contributed by atoms with Crippen LogP contribution >= 0.6 is 11.6 Å². The summed E-state index contributed by atoms with van der Waals surface area (Å²) in [7, 11) is -1.81. The second-order valence-corrected chi connectivity index (χ2v) is 9.69. The van der Waals surface area contributed by atoms with E-state index in [1.54, 1.807) is 33.2 Å². The first-order valence-corrected chi connectivity index (χ1v) is 11.7. The van der Waals surface area contributed by atoms with Crippen molar-refractivity contribution in [2.45, 2.75) is 26.0 Å². The van der Waals surface area contributed by atoms with Crippen LogP contribution in [0, 0.1) is 12.7 Å². The van der Waals surface area contributed by atoms with Crippen LogP contribution in [0.15, 0.2) is 41.3 Å². The van der Waals surface area contributed by atoms with E-state index in [9.17, 15) is 17.6 Å². The highest BCUT2D eigenvalue weighted by molar-refractivity contribution is 7.90. The molecule has 0 fully saturated rings. The fraction of sp³-hybridized carbons (Fsp3) is 0.286. The molecule has 0 amide bonds. The highest BCUT2D eigenvalue weighted by atomic mass is 35.5. The lowest BCUT2D eigenvalue weighted by Crippen LogP contribution is -2.18. The summed E-state index contributed by atoms with van der Waals surface area (Å²) < 4.78 is 45.8. The van der Waals surface area contributed by atoms with Crippen molar-refractivity contribution in [2.24, 2.45) is 7.05 Å². The van der Waals surface area contributed by atoms with Gasteiger partial charge < -0.3 is 9.30 Å². The van der Waals surface area contributed by atoms with E-state index in [1.165, 1.54) is 28.8 Å². The van der Waals surface area contributed by atoms with Crippen molar-refractivity contribution in [2.75, 3.05) is 5.75 Å². The molecule has 0 unspecified atom stereocenters. The molecule has 0 spiro atoms. The van der Waals surface area contributed by atoms with Gasteiger partial charge in [0.1, 0.15) is 0 Å². The third kappa shape index (κ3) is 5.48. The minimum Gasteiger partial charge on any atom is -0.420 e. The average molecular weight is 466 g/mol. The van der Waals surface area contributed by atoms with Gasteiger partial charge in [0.05, 0.1) is 27.9 Å². The van der Waals surface area contributed by atoms with E-state index in [1.807, 2.05) is 0 Å². The summed E-state index contributed by atoms with van der Waals surface area (Å²) in [5.41, 5.74) is 1.39. The van der Waals surface area contributed by atoms with Crippen LogP contribution in [0.25, 0.3) is 11.3 Å². The Morgan fingerprint density at radius 1 is 1.23 bits per heavy atom. The number of benzene rings is 1. The van der Waals surface area contributed by atoms with Gasteiger partial charge in [-0.05, 0) is 37.6 Å². The molecule has 0 saturated heterocycles. The molecular formula is C21H21ClFN3O4S. The first-order valence-electron chi connectivity index (χ1n) is 9.47. The van der Waals surface area contributed by atoms with Crippen molar-refractivity contribution in [3.05, 3.63) is 69.0 Å². The lowest BCUT2D eigenvalue weighted by atomic mass is 10.1. The first-order chi connectivity index (χ1) is 14.6. The van der Waals surface area contributed by atoms with Gasteiger partial charge in [0.2, 0.25) is 0 Å². The van der Waals surface area contributed by atoms with Gasteiger partial charge in [-0.1, -0.05) is 24.6 Å². The average Bonchev–Trinajstić information content (AvgIpc) is 2.68. The van der Waals surface area contributed by atoms with Crippen molar-refractivity contribution in [1.82, 2.24) is 14.5 Å². The molecule has 0 aliphatic carbocycles. The second kappa shape index (κ2) is 9.15. The van der Waals surface area contributed by atoms with Gasteiger partial charge in [-0.3, -0.25) is 4.79 Å². The number of halogens is 2. The van der Waals surface area contributed by atoms with Crippen LogP contribution in [0.2, 0.25) is 5.02 Å². The van der Waals surface area contributed by atoms with Crippen molar-refractivity contribution < 1.29 is 17.5 Å². The minimum atomic E-state index is -3.41. The third-order valence-electron chi connectivity index (χ3n) is 4.41. The molecule has 0 bridgehead atoms. The van der Waals surface area contributed by atoms with Crippen LogP contribution in [0.1, 0.15) is 24.6 Å². The molecule has 0 aliphatic rings. The van der Waals surface area contributed by atoms with Crippen LogP contribution < -0.4 is 10.3 Å². The smallest absolute Gasteiger partial charge is 0.322 e. The molecule has 0 saturated carbocycles. The Labute approximate surface area is 184 Å². The van der Waals surface area contributed by atoms with E-state index < -0.39 is 15.7 Å². The summed E-state index contributed by atoms with van der Waals surface area (Å²) >= 11 is 6.03. The van der Waals surface area contributed by atoms with E-state index in [0.29, 0.717) is 23.2 Å². The number of rotatable bonds is 7. The molecular weight excluding hydrogens is 445 g/mol. The molecule has 0 N–H and O–H groups in total. The number of aromatic nitrogens is 3. The van der Waals surface area contributed by atoms with Crippen molar-refractivity contribution in [1.29, 1.82) is 0 Å². The van der Waals surface area contributed by atoms with Crippen LogP contribution in [0.3, 0.4) is 0 Å². The SMILES string of the molecule is CCCS(=O)(=O)Cc1cc(-c2cc(C)c(=O)n(C)c2)nc(Oc2c(F)cccc2Cl)n1. The maximum absolute atomic E-state index is 14.2. The lowest BCUT2D eigenvalue weighted by Gasteiger charge is -2.12. The first kappa shape index (κ1) is 22.9. The Hall–Kier alpha value is -2.78. The topological polar surface area (TPSA) is 91.2 Å². The Morgan fingerprint density at radius 3 is 2.61 bits per heavy atom. The molecule has 164 valence electrons. The molecule has 2 heterocycles. The molecule has 0 atom stereocenters. The normalized spacial score (nSPS) is 11.5. The van der Waals surface area contributed by atoms with Gasteiger partial charge in [-0.25, -0.2) is 12.8 Å². The Balaban J connectivity index is 2.13. The molecule has 7 nitrogen and oxygen atoms in total.